The number of carboxylic acid groups (broad SMARTS) is 1. The van der Waals surface area contributed by atoms with Gasteiger partial charge >= 0.3 is 12.1 Å². The number of halogens is 3. The molecule has 160 valence electrons. The third kappa shape index (κ3) is 6.60. The number of aliphatic carboxylic acids is 1. The van der Waals surface area contributed by atoms with E-state index in [0.29, 0.717) is 11.3 Å². The van der Waals surface area contributed by atoms with Crippen LogP contribution in [0.5, 0.6) is 5.75 Å². The van der Waals surface area contributed by atoms with Crippen molar-refractivity contribution in [1.29, 1.82) is 0 Å². The van der Waals surface area contributed by atoms with Gasteiger partial charge in [-0.05, 0) is 52.6 Å². The molecule has 0 aromatic heterocycles. The standard InChI is InChI=1S/C23H18F3NO4/c24-23(25,26)20-9-7-16(8-10-20)14-30-21-6-2-5-19(12-21)18-4-1-3-17(11-18)13-27-31-15-22(28)29/h1-13H,14-15H2,(H,28,29). The third-order valence-electron chi connectivity index (χ3n) is 4.21. The quantitative estimate of drug-likeness (QED) is 0.385. The summed E-state index contributed by atoms with van der Waals surface area (Å²) in [6.07, 6.45) is -2.95. The van der Waals surface area contributed by atoms with E-state index in [0.717, 1.165) is 28.8 Å². The smallest absolute Gasteiger partial charge is 0.416 e. The lowest BCUT2D eigenvalue weighted by atomic mass is 10.0. The van der Waals surface area contributed by atoms with Gasteiger partial charge in [0.15, 0.2) is 0 Å². The second-order valence-electron chi connectivity index (χ2n) is 6.54. The van der Waals surface area contributed by atoms with Crippen molar-refractivity contribution in [1.82, 2.24) is 0 Å². The number of nitrogens with zero attached hydrogens (tertiary/aromatic N) is 1. The molecule has 0 fully saturated rings. The van der Waals surface area contributed by atoms with Gasteiger partial charge in [0.1, 0.15) is 12.4 Å². The normalized spacial score (nSPS) is 11.5. The summed E-state index contributed by atoms with van der Waals surface area (Å²) in [5.41, 5.74) is 2.39. The molecule has 0 unspecified atom stereocenters. The van der Waals surface area contributed by atoms with Crippen LogP contribution >= 0.6 is 0 Å². The highest BCUT2D eigenvalue weighted by Crippen LogP contribution is 2.29. The fourth-order valence-electron chi connectivity index (χ4n) is 2.71. The summed E-state index contributed by atoms with van der Waals surface area (Å²) in [6, 6.07) is 19.5. The Balaban J connectivity index is 1.66. The molecule has 8 heteroatoms. The summed E-state index contributed by atoms with van der Waals surface area (Å²) in [5, 5.41) is 12.2. The van der Waals surface area contributed by atoms with Gasteiger partial charge in [0.05, 0.1) is 11.8 Å². The number of ether oxygens (including phenoxy) is 1. The summed E-state index contributed by atoms with van der Waals surface area (Å²) in [5.74, 6) is -0.541. The van der Waals surface area contributed by atoms with E-state index in [9.17, 15) is 18.0 Å². The minimum absolute atomic E-state index is 0.134. The molecule has 1 N–H and O–H groups in total. The van der Waals surface area contributed by atoms with Crippen LogP contribution in [-0.2, 0) is 22.4 Å². The first-order chi connectivity index (χ1) is 14.8. The Hall–Kier alpha value is -3.81. The largest absolute Gasteiger partial charge is 0.489 e. The maximum Gasteiger partial charge on any atom is 0.416 e. The predicted octanol–water partition coefficient (Wildman–Crippen LogP) is 5.39. The maximum absolute atomic E-state index is 12.7. The van der Waals surface area contributed by atoms with E-state index in [4.69, 9.17) is 9.84 Å². The Bertz CT molecular complexity index is 1060. The second-order valence-corrected chi connectivity index (χ2v) is 6.54. The van der Waals surface area contributed by atoms with Crippen LogP contribution in [0.25, 0.3) is 11.1 Å². The van der Waals surface area contributed by atoms with Gasteiger partial charge in [-0.15, -0.1) is 0 Å². The highest BCUT2D eigenvalue weighted by atomic mass is 19.4. The Kier molecular flexibility index (Phi) is 6.92. The molecule has 31 heavy (non-hydrogen) atoms. The molecule has 0 saturated heterocycles. The fraction of sp³-hybridized carbons (Fsp3) is 0.130. The Morgan fingerprint density at radius 2 is 1.65 bits per heavy atom. The van der Waals surface area contributed by atoms with E-state index < -0.39 is 24.3 Å². The highest BCUT2D eigenvalue weighted by Gasteiger charge is 2.29. The lowest BCUT2D eigenvalue weighted by Crippen LogP contribution is -2.05. The SMILES string of the molecule is O=C(O)CON=Cc1cccc(-c2cccc(OCc3ccc(C(F)(F)F)cc3)c2)c1. The number of carboxylic acids is 1. The van der Waals surface area contributed by atoms with Crippen LogP contribution in [0.2, 0.25) is 0 Å². The van der Waals surface area contributed by atoms with Gasteiger partial charge in [0.25, 0.3) is 0 Å². The third-order valence-corrected chi connectivity index (χ3v) is 4.21. The van der Waals surface area contributed by atoms with Crippen LogP contribution in [0, 0.1) is 0 Å². The fourth-order valence-corrected chi connectivity index (χ4v) is 2.71. The lowest BCUT2D eigenvalue weighted by molar-refractivity contribution is -0.142. The molecule has 0 aliphatic heterocycles. The van der Waals surface area contributed by atoms with E-state index in [1.807, 2.05) is 36.4 Å². The molecule has 5 nitrogen and oxygen atoms in total. The summed E-state index contributed by atoms with van der Waals surface area (Å²) in [4.78, 5) is 15.1. The van der Waals surface area contributed by atoms with Crippen LogP contribution in [0.15, 0.2) is 78.0 Å². The van der Waals surface area contributed by atoms with Crippen molar-refractivity contribution in [2.45, 2.75) is 12.8 Å². The molecule has 3 aromatic rings. The average molecular weight is 429 g/mol. The minimum Gasteiger partial charge on any atom is -0.489 e. The van der Waals surface area contributed by atoms with Crippen LogP contribution in [-0.4, -0.2) is 23.9 Å². The number of benzene rings is 3. The zero-order valence-electron chi connectivity index (χ0n) is 16.2. The van der Waals surface area contributed by atoms with Crippen molar-refractivity contribution in [3.63, 3.8) is 0 Å². The molecule has 0 heterocycles. The number of carbonyl (C=O) groups is 1. The van der Waals surface area contributed by atoms with Gasteiger partial charge in [-0.25, -0.2) is 4.79 Å². The van der Waals surface area contributed by atoms with E-state index in [1.54, 1.807) is 12.1 Å². The molecule has 0 atom stereocenters. The van der Waals surface area contributed by atoms with Crippen molar-refractivity contribution in [2.75, 3.05) is 6.61 Å². The average Bonchev–Trinajstić information content (AvgIpc) is 2.75. The summed E-state index contributed by atoms with van der Waals surface area (Å²) >= 11 is 0. The molecule has 0 radical (unpaired) electrons. The zero-order valence-corrected chi connectivity index (χ0v) is 16.2. The summed E-state index contributed by atoms with van der Waals surface area (Å²) < 4.78 is 43.7. The molecule has 0 spiro atoms. The van der Waals surface area contributed by atoms with E-state index >= 15 is 0 Å². The highest BCUT2D eigenvalue weighted by molar-refractivity contribution is 5.82. The molecule has 3 aromatic carbocycles. The van der Waals surface area contributed by atoms with Crippen molar-refractivity contribution in [3.05, 3.63) is 89.5 Å². The maximum atomic E-state index is 12.7. The second kappa shape index (κ2) is 9.80. The summed E-state index contributed by atoms with van der Waals surface area (Å²) in [7, 11) is 0. The van der Waals surface area contributed by atoms with Crippen LogP contribution in [0.1, 0.15) is 16.7 Å². The van der Waals surface area contributed by atoms with Crippen molar-refractivity contribution >= 4 is 12.2 Å². The molecular formula is C23H18F3NO4. The molecule has 3 rings (SSSR count). The van der Waals surface area contributed by atoms with Gasteiger partial charge < -0.3 is 14.7 Å². The van der Waals surface area contributed by atoms with Gasteiger partial charge in [-0.1, -0.05) is 47.6 Å². The molecule has 0 amide bonds. The van der Waals surface area contributed by atoms with Gasteiger partial charge in [0, 0.05) is 0 Å². The Labute approximate surface area is 176 Å². The van der Waals surface area contributed by atoms with Crippen molar-refractivity contribution in [2.24, 2.45) is 5.16 Å². The van der Waals surface area contributed by atoms with E-state index in [-0.39, 0.29) is 6.61 Å². The minimum atomic E-state index is -4.37. The number of alkyl halides is 3. The van der Waals surface area contributed by atoms with Crippen LogP contribution in [0.4, 0.5) is 13.2 Å². The van der Waals surface area contributed by atoms with Crippen LogP contribution in [0.3, 0.4) is 0 Å². The zero-order chi connectivity index (χ0) is 22.3. The van der Waals surface area contributed by atoms with E-state index in [1.165, 1.54) is 18.3 Å². The van der Waals surface area contributed by atoms with Gasteiger partial charge in [0.2, 0.25) is 6.61 Å². The molecule has 0 saturated carbocycles. The molecule has 0 aliphatic rings. The Morgan fingerprint density at radius 3 is 2.32 bits per heavy atom. The van der Waals surface area contributed by atoms with Gasteiger partial charge in [-0.3, -0.25) is 0 Å². The first-order valence-electron chi connectivity index (χ1n) is 9.18. The summed E-state index contributed by atoms with van der Waals surface area (Å²) in [6.45, 7) is -0.385. The first-order valence-corrected chi connectivity index (χ1v) is 9.18. The van der Waals surface area contributed by atoms with Crippen molar-refractivity contribution in [3.8, 4) is 16.9 Å². The predicted molar refractivity (Wildman–Crippen MR) is 109 cm³/mol. The molecule has 0 bridgehead atoms. The van der Waals surface area contributed by atoms with Crippen LogP contribution < -0.4 is 4.74 Å². The number of rotatable bonds is 8. The number of hydrogen-bond acceptors (Lipinski definition) is 4. The first kappa shape index (κ1) is 21.9. The van der Waals surface area contributed by atoms with E-state index in [2.05, 4.69) is 9.99 Å². The van der Waals surface area contributed by atoms with Crippen molar-refractivity contribution < 1.29 is 32.6 Å². The Morgan fingerprint density at radius 1 is 0.968 bits per heavy atom. The van der Waals surface area contributed by atoms with Gasteiger partial charge in [-0.2, -0.15) is 13.2 Å². The lowest BCUT2D eigenvalue weighted by Gasteiger charge is -2.10. The monoisotopic (exact) mass is 429 g/mol. The number of hydrogen-bond donors (Lipinski definition) is 1. The molecular weight excluding hydrogens is 411 g/mol. The molecule has 0 aliphatic carbocycles. The number of oxime groups is 1. The topological polar surface area (TPSA) is 68.1 Å².